The highest BCUT2D eigenvalue weighted by molar-refractivity contribution is 7.15. The van der Waals surface area contributed by atoms with Gasteiger partial charge in [-0.1, -0.05) is 41.7 Å². The van der Waals surface area contributed by atoms with Crippen LogP contribution in [-0.2, 0) is 11.3 Å². The number of rotatable bonds is 3. The Morgan fingerprint density at radius 2 is 1.96 bits per heavy atom. The Balaban J connectivity index is 1.77. The first kappa shape index (κ1) is 16.7. The van der Waals surface area contributed by atoms with Gasteiger partial charge in [-0.3, -0.25) is 9.59 Å². The summed E-state index contributed by atoms with van der Waals surface area (Å²) in [5.74, 6) is -0.909. The third kappa shape index (κ3) is 2.44. The standard InChI is InChI=1S/C21H15N3O3S/c1-12-5-4-8-16-19(12)22-21-24(16)20(27)17(28-21)9-13-10-23(11-18(25)26)15-7-3-2-6-14(13)15/h2-10H,11H2,1H3,(H,25,26)/b17-9-. The molecule has 28 heavy (non-hydrogen) atoms. The van der Waals surface area contributed by atoms with E-state index in [0.29, 0.717) is 9.49 Å². The van der Waals surface area contributed by atoms with Gasteiger partial charge in [0.15, 0.2) is 4.96 Å². The van der Waals surface area contributed by atoms with E-state index in [4.69, 9.17) is 5.11 Å². The zero-order chi connectivity index (χ0) is 19.4. The number of hydrogen-bond donors (Lipinski definition) is 1. The normalized spacial score (nSPS) is 12.5. The second-order valence-electron chi connectivity index (χ2n) is 6.71. The molecule has 0 atom stereocenters. The first-order chi connectivity index (χ1) is 13.5. The van der Waals surface area contributed by atoms with Gasteiger partial charge in [0, 0.05) is 22.7 Å². The molecule has 2 aromatic carbocycles. The van der Waals surface area contributed by atoms with Crippen LogP contribution in [0.1, 0.15) is 11.1 Å². The molecule has 0 aliphatic carbocycles. The molecule has 0 aliphatic rings. The molecular formula is C21H15N3O3S. The number of carbonyl (C=O) groups is 1. The third-order valence-corrected chi connectivity index (χ3v) is 5.85. The molecule has 7 heteroatoms. The topological polar surface area (TPSA) is 76.6 Å². The van der Waals surface area contributed by atoms with E-state index in [1.807, 2.05) is 55.5 Å². The lowest BCUT2D eigenvalue weighted by molar-refractivity contribution is -0.137. The van der Waals surface area contributed by atoms with Gasteiger partial charge in [-0.2, -0.15) is 0 Å². The van der Waals surface area contributed by atoms with Gasteiger partial charge in [-0.05, 0) is 30.7 Å². The molecule has 0 aliphatic heterocycles. The Labute approximate surface area is 162 Å². The molecule has 0 radical (unpaired) electrons. The molecule has 1 N–H and O–H groups in total. The minimum Gasteiger partial charge on any atom is -0.480 e. The second kappa shape index (κ2) is 6.03. The summed E-state index contributed by atoms with van der Waals surface area (Å²) in [5.41, 5.74) is 4.22. The summed E-state index contributed by atoms with van der Waals surface area (Å²) in [6, 6.07) is 13.4. The lowest BCUT2D eigenvalue weighted by Gasteiger charge is -1.99. The van der Waals surface area contributed by atoms with E-state index in [9.17, 15) is 9.59 Å². The maximum atomic E-state index is 13.0. The van der Waals surface area contributed by atoms with Crippen LogP contribution in [0.2, 0.25) is 0 Å². The molecule has 5 aromatic rings. The van der Waals surface area contributed by atoms with E-state index < -0.39 is 5.97 Å². The molecule has 0 amide bonds. The molecule has 5 rings (SSSR count). The van der Waals surface area contributed by atoms with Crippen LogP contribution in [0, 0.1) is 6.92 Å². The van der Waals surface area contributed by atoms with Crippen LogP contribution >= 0.6 is 11.3 Å². The molecule has 0 fully saturated rings. The first-order valence-electron chi connectivity index (χ1n) is 8.75. The van der Waals surface area contributed by atoms with Crippen molar-refractivity contribution in [2.24, 2.45) is 0 Å². The number of benzene rings is 2. The summed E-state index contributed by atoms with van der Waals surface area (Å²) in [5, 5.41) is 10.1. The summed E-state index contributed by atoms with van der Waals surface area (Å²) < 4.78 is 3.91. The lowest BCUT2D eigenvalue weighted by atomic mass is 10.2. The van der Waals surface area contributed by atoms with Crippen molar-refractivity contribution in [1.82, 2.24) is 14.0 Å². The minimum atomic E-state index is -0.909. The van der Waals surface area contributed by atoms with Crippen LogP contribution in [0.25, 0.3) is 33.0 Å². The monoisotopic (exact) mass is 389 g/mol. The van der Waals surface area contributed by atoms with Crippen LogP contribution < -0.4 is 10.1 Å². The van der Waals surface area contributed by atoms with Crippen LogP contribution in [0.4, 0.5) is 0 Å². The van der Waals surface area contributed by atoms with Gasteiger partial charge in [-0.25, -0.2) is 9.38 Å². The van der Waals surface area contributed by atoms with Crippen molar-refractivity contribution in [3.63, 3.8) is 0 Å². The Hall–Kier alpha value is -3.45. The fourth-order valence-electron chi connectivity index (χ4n) is 3.63. The molecule has 0 spiro atoms. The maximum absolute atomic E-state index is 13.0. The summed E-state index contributed by atoms with van der Waals surface area (Å²) in [6.07, 6.45) is 3.60. The predicted octanol–water partition coefficient (Wildman–Crippen LogP) is 2.80. The van der Waals surface area contributed by atoms with Crippen molar-refractivity contribution in [3.8, 4) is 0 Å². The highest BCUT2D eigenvalue weighted by Gasteiger charge is 2.14. The molecule has 3 aromatic heterocycles. The number of aromatic nitrogens is 3. The van der Waals surface area contributed by atoms with Gasteiger partial charge < -0.3 is 9.67 Å². The number of aliphatic carboxylic acids is 1. The molecule has 6 nitrogen and oxygen atoms in total. The number of imidazole rings is 1. The Bertz CT molecular complexity index is 1510. The first-order valence-corrected chi connectivity index (χ1v) is 9.56. The van der Waals surface area contributed by atoms with Crippen LogP contribution in [0.5, 0.6) is 0 Å². The number of carboxylic acids is 1. The van der Waals surface area contributed by atoms with Crippen molar-refractivity contribution in [1.29, 1.82) is 0 Å². The number of fused-ring (bicyclic) bond motifs is 4. The summed E-state index contributed by atoms with van der Waals surface area (Å²) >= 11 is 1.34. The Morgan fingerprint density at radius 3 is 2.79 bits per heavy atom. The number of nitrogens with zero attached hydrogens (tertiary/aromatic N) is 3. The van der Waals surface area contributed by atoms with Crippen molar-refractivity contribution < 1.29 is 9.90 Å². The molecule has 3 heterocycles. The SMILES string of the molecule is Cc1cccc2c1nc1s/c(=C\c3cn(CC(=O)O)c4ccccc34)c(=O)n12. The van der Waals surface area contributed by atoms with Crippen LogP contribution in [0.15, 0.2) is 53.5 Å². The summed E-state index contributed by atoms with van der Waals surface area (Å²) in [7, 11) is 0. The lowest BCUT2D eigenvalue weighted by Crippen LogP contribution is -2.22. The van der Waals surface area contributed by atoms with Crippen molar-refractivity contribution in [2.45, 2.75) is 13.5 Å². The molecule has 0 saturated heterocycles. The van der Waals surface area contributed by atoms with Crippen molar-refractivity contribution in [3.05, 3.63) is 74.7 Å². The second-order valence-corrected chi connectivity index (χ2v) is 7.72. The van der Waals surface area contributed by atoms with Crippen LogP contribution in [0.3, 0.4) is 0 Å². The van der Waals surface area contributed by atoms with Crippen LogP contribution in [-0.4, -0.2) is 25.0 Å². The van der Waals surface area contributed by atoms with Gasteiger partial charge in [0.2, 0.25) is 0 Å². The number of hydrogen-bond acceptors (Lipinski definition) is 4. The van der Waals surface area contributed by atoms with E-state index in [0.717, 1.165) is 33.1 Å². The quantitative estimate of drug-likeness (QED) is 0.515. The summed E-state index contributed by atoms with van der Waals surface area (Å²) in [4.78, 5) is 29.5. The highest BCUT2D eigenvalue weighted by atomic mass is 32.1. The summed E-state index contributed by atoms with van der Waals surface area (Å²) in [6.45, 7) is 1.85. The average Bonchev–Trinajstić information content (AvgIpc) is 3.29. The molecule has 0 saturated carbocycles. The largest absolute Gasteiger partial charge is 0.480 e. The van der Waals surface area contributed by atoms with E-state index in [1.54, 1.807) is 15.2 Å². The van der Waals surface area contributed by atoms with E-state index in [1.165, 1.54) is 11.3 Å². The molecule has 0 bridgehead atoms. The fraction of sp³-hybridized carbons (Fsp3) is 0.0952. The van der Waals surface area contributed by atoms with Gasteiger partial charge in [0.05, 0.1) is 15.6 Å². The maximum Gasteiger partial charge on any atom is 0.323 e. The zero-order valence-corrected chi connectivity index (χ0v) is 15.7. The van der Waals surface area contributed by atoms with Gasteiger partial charge in [0.1, 0.15) is 6.54 Å². The van der Waals surface area contributed by atoms with E-state index in [2.05, 4.69) is 4.98 Å². The smallest absolute Gasteiger partial charge is 0.323 e. The minimum absolute atomic E-state index is 0.108. The fourth-order valence-corrected chi connectivity index (χ4v) is 4.60. The highest BCUT2D eigenvalue weighted by Crippen LogP contribution is 2.23. The zero-order valence-electron chi connectivity index (χ0n) is 14.9. The van der Waals surface area contributed by atoms with E-state index in [-0.39, 0.29) is 12.1 Å². The number of carboxylic acid groups (broad SMARTS) is 1. The molecule has 0 unspecified atom stereocenters. The molecular weight excluding hydrogens is 374 g/mol. The van der Waals surface area contributed by atoms with Gasteiger partial charge in [0.25, 0.3) is 5.56 Å². The van der Waals surface area contributed by atoms with Crippen molar-refractivity contribution in [2.75, 3.05) is 0 Å². The van der Waals surface area contributed by atoms with E-state index >= 15 is 0 Å². The van der Waals surface area contributed by atoms with Gasteiger partial charge in [-0.15, -0.1) is 0 Å². The Kier molecular flexibility index (Phi) is 3.60. The predicted molar refractivity (Wildman–Crippen MR) is 110 cm³/mol. The third-order valence-electron chi connectivity index (χ3n) is 4.88. The number of para-hydroxylation sites is 2. The number of aryl methyl sites for hydroxylation is 1. The van der Waals surface area contributed by atoms with Gasteiger partial charge >= 0.3 is 5.97 Å². The molecule has 138 valence electrons. The Morgan fingerprint density at radius 1 is 1.18 bits per heavy atom. The van der Waals surface area contributed by atoms with Crippen molar-refractivity contribution >= 4 is 50.3 Å². The number of thiazole rings is 1. The average molecular weight is 389 g/mol.